The van der Waals surface area contributed by atoms with E-state index in [-0.39, 0.29) is 0 Å². The van der Waals surface area contributed by atoms with Crippen molar-refractivity contribution in [1.29, 1.82) is 5.26 Å². The number of anilines is 1. The summed E-state index contributed by atoms with van der Waals surface area (Å²) in [6.45, 7) is 7.39. The van der Waals surface area contributed by atoms with Crippen molar-refractivity contribution < 1.29 is 0 Å². The van der Waals surface area contributed by atoms with E-state index in [4.69, 9.17) is 0 Å². The summed E-state index contributed by atoms with van der Waals surface area (Å²) >= 11 is 0. The van der Waals surface area contributed by atoms with Crippen molar-refractivity contribution in [2.45, 2.75) is 27.3 Å². The molecule has 2 rings (SSSR count). The normalized spacial score (nSPS) is 10.1. The molecule has 0 unspecified atom stereocenters. The molecule has 2 heterocycles. The van der Waals surface area contributed by atoms with Crippen molar-refractivity contribution in [3.63, 3.8) is 0 Å². The van der Waals surface area contributed by atoms with Gasteiger partial charge < -0.3 is 4.90 Å². The molecule has 0 aliphatic heterocycles. The second-order valence-corrected chi connectivity index (χ2v) is 4.73. The van der Waals surface area contributed by atoms with Crippen molar-refractivity contribution in [2.24, 2.45) is 0 Å². The van der Waals surface area contributed by atoms with Crippen molar-refractivity contribution in [3.8, 4) is 6.07 Å². The topological polar surface area (TPSA) is 52.8 Å². The molecule has 0 N–H and O–H groups in total. The van der Waals surface area contributed by atoms with Gasteiger partial charge in [0.25, 0.3) is 0 Å². The van der Waals surface area contributed by atoms with Crippen LogP contribution in [0.1, 0.15) is 29.4 Å². The highest BCUT2D eigenvalue weighted by Crippen LogP contribution is 2.22. The molecule has 0 aliphatic rings. The number of aryl methyl sites for hydroxylation is 2. The van der Waals surface area contributed by atoms with Crippen LogP contribution in [0.25, 0.3) is 0 Å². The van der Waals surface area contributed by atoms with E-state index in [0.29, 0.717) is 12.1 Å². The van der Waals surface area contributed by atoms with Crippen LogP contribution >= 0.6 is 0 Å². The van der Waals surface area contributed by atoms with Gasteiger partial charge in [0.2, 0.25) is 0 Å². The lowest BCUT2D eigenvalue weighted by atomic mass is 10.1. The Kier molecular flexibility index (Phi) is 4.31. The maximum Gasteiger partial charge on any atom is 0.147 e. The Labute approximate surface area is 119 Å². The Balaban J connectivity index is 2.40. The molecule has 20 heavy (non-hydrogen) atoms. The van der Waals surface area contributed by atoms with Crippen LogP contribution in [0.2, 0.25) is 0 Å². The summed E-state index contributed by atoms with van der Waals surface area (Å²) in [4.78, 5) is 11.0. The monoisotopic (exact) mass is 266 g/mol. The van der Waals surface area contributed by atoms with Gasteiger partial charge in [-0.3, -0.25) is 4.98 Å². The summed E-state index contributed by atoms with van der Waals surface area (Å²) in [6, 6.07) is 10.1. The number of hydrogen-bond acceptors (Lipinski definition) is 4. The minimum absolute atomic E-state index is 0.647. The van der Waals surface area contributed by atoms with Crippen molar-refractivity contribution >= 4 is 5.82 Å². The fraction of sp³-hybridized carbons (Fsp3) is 0.312. The summed E-state index contributed by atoms with van der Waals surface area (Å²) in [7, 11) is 0. The zero-order valence-corrected chi connectivity index (χ0v) is 12.1. The van der Waals surface area contributed by atoms with Gasteiger partial charge in [-0.25, -0.2) is 4.98 Å². The smallest absolute Gasteiger partial charge is 0.147 e. The molecule has 2 aromatic rings. The molecule has 102 valence electrons. The predicted octanol–water partition coefficient (Wildman–Crippen LogP) is 2.99. The predicted molar refractivity (Wildman–Crippen MR) is 79.4 cm³/mol. The lowest BCUT2D eigenvalue weighted by Crippen LogP contribution is -2.25. The highest BCUT2D eigenvalue weighted by molar-refractivity contribution is 5.58. The second kappa shape index (κ2) is 6.16. The third-order valence-electron chi connectivity index (χ3n) is 3.20. The largest absolute Gasteiger partial charge is 0.350 e. The minimum Gasteiger partial charge on any atom is -0.350 e. The molecular weight excluding hydrogens is 248 g/mol. The number of aromatic nitrogens is 2. The first-order valence-corrected chi connectivity index (χ1v) is 6.69. The maximum absolute atomic E-state index is 9.37. The average molecular weight is 266 g/mol. The first kappa shape index (κ1) is 14.0. The van der Waals surface area contributed by atoms with Gasteiger partial charge in [-0.05, 0) is 44.5 Å². The van der Waals surface area contributed by atoms with Crippen LogP contribution in [0.15, 0.2) is 30.5 Å². The van der Waals surface area contributed by atoms with Crippen LogP contribution in [-0.2, 0) is 6.54 Å². The maximum atomic E-state index is 9.37. The summed E-state index contributed by atoms with van der Waals surface area (Å²) in [6.07, 6.45) is 1.78. The van der Waals surface area contributed by atoms with Crippen LogP contribution in [0.5, 0.6) is 0 Å². The van der Waals surface area contributed by atoms with E-state index < -0.39 is 0 Å². The molecule has 0 radical (unpaired) electrons. The van der Waals surface area contributed by atoms with Gasteiger partial charge in [0.05, 0.1) is 17.8 Å². The van der Waals surface area contributed by atoms with E-state index in [9.17, 15) is 5.26 Å². The van der Waals surface area contributed by atoms with Crippen molar-refractivity contribution in [2.75, 3.05) is 11.4 Å². The third kappa shape index (κ3) is 2.94. The summed E-state index contributed by atoms with van der Waals surface area (Å²) in [5.41, 5.74) is 3.51. The Morgan fingerprint density at radius 3 is 2.70 bits per heavy atom. The number of pyridine rings is 2. The number of hydrogen-bond donors (Lipinski definition) is 0. The second-order valence-electron chi connectivity index (χ2n) is 4.73. The fourth-order valence-corrected chi connectivity index (χ4v) is 2.21. The van der Waals surface area contributed by atoms with Gasteiger partial charge in [-0.2, -0.15) is 5.26 Å². The summed E-state index contributed by atoms with van der Waals surface area (Å²) in [5.74, 6) is 0.748. The molecule has 4 heteroatoms. The van der Waals surface area contributed by atoms with Gasteiger partial charge in [-0.15, -0.1) is 0 Å². The highest BCUT2D eigenvalue weighted by Gasteiger charge is 2.15. The van der Waals surface area contributed by atoms with Crippen LogP contribution in [0.4, 0.5) is 5.82 Å². The Hall–Kier alpha value is -2.41. The zero-order valence-electron chi connectivity index (χ0n) is 12.1. The lowest BCUT2D eigenvalue weighted by Gasteiger charge is -2.23. The minimum atomic E-state index is 0.647. The van der Waals surface area contributed by atoms with Crippen LogP contribution in [0, 0.1) is 25.2 Å². The van der Waals surface area contributed by atoms with E-state index in [0.717, 1.165) is 29.3 Å². The van der Waals surface area contributed by atoms with Crippen LogP contribution in [0.3, 0.4) is 0 Å². The fourth-order valence-electron chi connectivity index (χ4n) is 2.21. The van der Waals surface area contributed by atoms with E-state index in [1.165, 1.54) is 0 Å². The van der Waals surface area contributed by atoms with Crippen molar-refractivity contribution in [1.82, 2.24) is 9.97 Å². The third-order valence-corrected chi connectivity index (χ3v) is 3.20. The molecule has 0 atom stereocenters. The standard InChI is InChI=1S/C16H18N4/c1-4-20(11-14-7-5-6-8-18-14)16-15(10-17)12(2)9-13(3)19-16/h5-9H,4,11H2,1-3H3. The zero-order chi connectivity index (χ0) is 14.5. The van der Waals surface area contributed by atoms with Crippen molar-refractivity contribution in [3.05, 3.63) is 53.0 Å². The molecular formula is C16H18N4. The van der Waals surface area contributed by atoms with Gasteiger partial charge in [0, 0.05) is 18.4 Å². The highest BCUT2D eigenvalue weighted by atomic mass is 15.2. The molecule has 4 nitrogen and oxygen atoms in total. The lowest BCUT2D eigenvalue weighted by molar-refractivity contribution is 0.788. The molecule has 0 amide bonds. The molecule has 0 saturated heterocycles. The van der Waals surface area contributed by atoms with Gasteiger partial charge in [0.15, 0.2) is 0 Å². The molecule has 0 spiro atoms. The molecule has 0 bridgehead atoms. The molecule has 0 saturated carbocycles. The molecule has 0 aliphatic carbocycles. The van der Waals surface area contributed by atoms with Crippen LogP contribution < -0.4 is 4.90 Å². The van der Waals surface area contributed by atoms with E-state index >= 15 is 0 Å². The first-order valence-electron chi connectivity index (χ1n) is 6.69. The van der Waals surface area contributed by atoms with E-state index in [1.54, 1.807) is 6.20 Å². The number of nitriles is 1. The Morgan fingerprint density at radius 1 is 1.30 bits per heavy atom. The summed E-state index contributed by atoms with van der Waals surface area (Å²) in [5, 5.41) is 9.37. The van der Waals surface area contributed by atoms with Crippen LogP contribution in [-0.4, -0.2) is 16.5 Å². The average Bonchev–Trinajstić information content (AvgIpc) is 2.45. The first-order chi connectivity index (χ1) is 9.65. The SMILES string of the molecule is CCN(Cc1ccccn1)c1nc(C)cc(C)c1C#N. The van der Waals surface area contributed by atoms with Gasteiger partial charge in [-0.1, -0.05) is 6.07 Å². The van der Waals surface area contributed by atoms with E-state index in [2.05, 4.69) is 27.9 Å². The summed E-state index contributed by atoms with van der Waals surface area (Å²) < 4.78 is 0. The molecule has 0 fully saturated rings. The Bertz CT molecular complexity index is 629. The van der Waals surface area contributed by atoms with E-state index in [1.807, 2.05) is 38.1 Å². The number of rotatable bonds is 4. The molecule has 0 aromatic carbocycles. The van der Waals surface area contributed by atoms with Gasteiger partial charge >= 0.3 is 0 Å². The Morgan fingerprint density at radius 2 is 2.10 bits per heavy atom. The quantitative estimate of drug-likeness (QED) is 0.853. The molecule has 2 aromatic heterocycles. The van der Waals surface area contributed by atoms with Gasteiger partial charge in [0.1, 0.15) is 11.9 Å². The number of nitrogens with zero attached hydrogens (tertiary/aromatic N) is 4.